The zero-order chi connectivity index (χ0) is 13.0. The lowest BCUT2D eigenvalue weighted by atomic mass is 9.93. The number of hydrogen-bond donors (Lipinski definition) is 1. The monoisotopic (exact) mass is 267 g/mol. The van der Waals surface area contributed by atoms with Gasteiger partial charge in [-0.2, -0.15) is 0 Å². The molecule has 1 aliphatic rings. The molecule has 0 bridgehead atoms. The van der Waals surface area contributed by atoms with Crippen LogP contribution in [0.5, 0.6) is 0 Å². The summed E-state index contributed by atoms with van der Waals surface area (Å²) in [7, 11) is 2.00. The molecule has 0 spiro atoms. The van der Waals surface area contributed by atoms with Crippen LogP contribution in [-0.2, 0) is 0 Å². The molecule has 0 radical (unpaired) electrons. The summed E-state index contributed by atoms with van der Waals surface area (Å²) in [6, 6.07) is 0.411. The second kappa shape index (κ2) is 6.53. The highest BCUT2D eigenvalue weighted by atomic mass is 32.1. The maximum absolute atomic E-state index is 4.58. The number of piperidine rings is 1. The number of nitrogens with one attached hydrogen (secondary N) is 1. The minimum absolute atomic E-state index is 0.411. The van der Waals surface area contributed by atoms with Gasteiger partial charge >= 0.3 is 0 Å². The molecule has 3 nitrogen and oxygen atoms in total. The molecular formula is C14H25N3S. The van der Waals surface area contributed by atoms with E-state index in [-0.39, 0.29) is 0 Å². The van der Waals surface area contributed by atoms with Gasteiger partial charge in [-0.3, -0.25) is 0 Å². The minimum atomic E-state index is 0.411. The first kappa shape index (κ1) is 13.8. The Hall–Kier alpha value is -0.610. The molecule has 18 heavy (non-hydrogen) atoms. The first-order valence-electron chi connectivity index (χ1n) is 7.12. The van der Waals surface area contributed by atoms with Crippen LogP contribution in [-0.4, -0.2) is 25.1 Å². The van der Waals surface area contributed by atoms with Crippen LogP contribution in [0.4, 0.5) is 5.13 Å². The van der Waals surface area contributed by atoms with Crippen molar-refractivity contribution >= 4 is 16.5 Å². The van der Waals surface area contributed by atoms with Crippen LogP contribution in [0.15, 0.2) is 6.20 Å². The van der Waals surface area contributed by atoms with Crippen molar-refractivity contribution in [2.45, 2.75) is 45.6 Å². The standard InChI is InChI=1S/C14H25N3S/c1-4-5-12-6-8-17(9-7-12)14-16-10-13(18-14)11(2)15-3/h10-12,15H,4-9H2,1-3H3. The van der Waals surface area contributed by atoms with E-state index in [2.05, 4.69) is 29.0 Å². The summed E-state index contributed by atoms with van der Waals surface area (Å²) in [4.78, 5) is 8.38. The van der Waals surface area contributed by atoms with Crippen molar-refractivity contribution in [1.82, 2.24) is 10.3 Å². The lowest BCUT2D eigenvalue weighted by Crippen LogP contribution is -2.33. The van der Waals surface area contributed by atoms with E-state index in [0.29, 0.717) is 6.04 Å². The van der Waals surface area contributed by atoms with Crippen LogP contribution in [0.3, 0.4) is 0 Å². The molecule has 2 heterocycles. The smallest absolute Gasteiger partial charge is 0.185 e. The molecule has 1 saturated heterocycles. The van der Waals surface area contributed by atoms with Crippen LogP contribution in [0.25, 0.3) is 0 Å². The lowest BCUT2D eigenvalue weighted by molar-refractivity contribution is 0.378. The fourth-order valence-corrected chi connectivity index (χ4v) is 3.61. The Balaban J connectivity index is 1.91. The van der Waals surface area contributed by atoms with E-state index in [1.165, 1.54) is 48.8 Å². The van der Waals surface area contributed by atoms with Crippen LogP contribution in [0.1, 0.15) is 50.4 Å². The van der Waals surface area contributed by atoms with Crippen molar-refractivity contribution in [3.8, 4) is 0 Å². The van der Waals surface area contributed by atoms with E-state index >= 15 is 0 Å². The van der Waals surface area contributed by atoms with Gasteiger partial charge in [0.25, 0.3) is 0 Å². The highest BCUT2D eigenvalue weighted by Gasteiger charge is 2.21. The number of anilines is 1. The zero-order valence-electron chi connectivity index (χ0n) is 11.8. The fourth-order valence-electron chi connectivity index (χ4n) is 2.59. The lowest BCUT2D eigenvalue weighted by Gasteiger charge is -2.31. The Bertz CT molecular complexity index is 356. The van der Waals surface area contributed by atoms with Gasteiger partial charge in [0, 0.05) is 30.2 Å². The van der Waals surface area contributed by atoms with Crippen molar-refractivity contribution in [2.24, 2.45) is 5.92 Å². The van der Waals surface area contributed by atoms with Crippen molar-refractivity contribution in [1.29, 1.82) is 0 Å². The van der Waals surface area contributed by atoms with Gasteiger partial charge in [0.2, 0.25) is 0 Å². The van der Waals surface area contributed by atoms with Crippen LogP contribution in [0, 0.1) is 5.92 Å². The summed E-state index contributed by atoms with van der Waals surface area (Å²) in [6.45, 7) is 6.85. The third kappa shape index (κ3) is 3.23. The minimum Gasteiger partial charge on any atom is -0.348 e. The van der Waals surface area contributed by atoms with Crippen molar-refractivity contribution in [3.63, 3.8) is 0 Å². The van der Waals surface area contributed by atoms with Gasteiger partial charge in [-0.1, -0.05) is 19.8 Å². The van der Waals surface area contributed by atoms with Gasteiger partial charge in [-0.15, -0.1) is 11.3 Å². The molecule has 1 aliphatic heterocycles. The summed E-state index contributed by atoms with van der Waals surface area (Å²) in [6.07, 6.45) is 7.42. The number of rotatable bonds is 5. The average Bonchev–Trinajstić information content (AvgIpc) is 2.89. The molecule has 1 fully saturated rings. The average molecular weight is 267 g/mol. The van der Waals surface area contributed by atoms with E-state index in [1.54, 1.807) is 0 Å². The molecule has 102 valence electrons. The molecule has 0 amide bonds. The number of aromatic nitrogens is 1. The van der Waals surface area contributed by atoms with Crippen molar-refractivity contribution in [3.05, 3.63) is 11.1 Å². The molecule has 0 aromatic carbocycles. The Morgan fingerprint density at radius 3 is 2.83 bits per heavy atom. The third-order valence-electron chi connectivity index (χ3n) is 3.95. The van der Waals surface area contributed by atoms with Crippen molar-refractivity contribution < 1.29 is 0 Å². The second-order valence-corrected chi connectivity index (χ2v) is 6.32. The van der Waals surface area contributed by atoms with Gasteiger partial charge in [-0.25, -0.2) is 4.98 Å². The Kier molecular flexibility index (Phi) is 5.01. The molecule has 1 unspecified atom stereocenters. The summed E-state index contributed by atoms with van der Waals surface area (Å²) in [5, 5.41) is 4.48. The topological polar surface area (TPSA) is 28.2 Å². The van der Waals surface area contributed by atoms with E-state index in [9.17, 15) is 0 Å². The molecule has 0 saturated carbocycles. The highest BCUT2D eigenvalue weighted by molar-refractivity contribution is 7.15. The number of nitrogens with zero attached hydrogens (tertiary/aromatic N) is 2. The van der Waals surface area contributed by atoms with Crippen LogP contribution >= 0.6 is 11.3 Å². The van der Waals surface area contributed by atoms with Crippen molar-refractivity contribution in [2.75, 3.05) is 25.0 Å². The van der Waals surface area contributed by atoms with E-state index < -0.39 is 0 Å². The number of hydrogen-bond acceptors (Lipinski definition) is 4. The molecule has 1 atom stereocenters. The quantitative estimate of drug-likeness (QED) is 0.886. The normalized spacial score (nSPS) is 19.2. The molecule has 4 heteroatoms. The first-order chi connectivity index (χ1) is 8.74. The predicted molar refractivity (Wildman–Crippen MR) is 79.4 cm³/mol. The summed E-state index contributed by atoms with van der Waals surface area (Å²) < 4.78 is 0. The summed E-state index contributed by atoms with van der Waals surface area (Å²) >= 11 is 1.84. The molecule has 1 aromatic heterocycles. The molecule has 2 rings (SSSR count). The SMILES string of the molecule is CCCC1CCN(c2ncc(C(C)NC)s2)CC1. The van der Waals surface area contributed by atoms with Gasteiger partial charge in [0.1, 0.15) is 0 Å². The Morgan fingerprint density at radius 2 is 2.22 bits per heavy atom. The van der Waals surface area contributed by atoms with Gasteiger partial charge in [0.15, 0.2) is 5.13 Å². The maximum Gasteiger partial charge on any atom is 0.185 e. The Labute approximate surface area is 115 Å². The van der Waals surface area contributed by atoms with E-state index in [0.717, 1.165) is 5.92 Å². The highest BCUT2D eigenvalue weighted by Crippen LogP contribution is 2.31. The van der Waals surface area contributed by atoms with Gasteiger partial charge < -0.3 is 10.2 Å². The fraction of sp³-hybridized carbons (Fsp3) is 0.786. The van der Waals surface area contributed by atoms with Crippen LogP contribution in [0.2, 0.25) is 0 Å². The molecular weight excluding hydrogens is 242 g/mol. The molecule has 1 aromatic rings. The maximum atomic E-state index is 4.58. The summed E-state index contributed by atoms with van der Waals surface area (Å²) in [5.74, 6) is 0.946. The first-order valence-corrected chi connectivity index (χ1v) is 7.94. The van der Waals surface area contributed by atoms with Gasteiger partial charge in [-0.05, 0) is 32.7 Å². The third-order valence-corrected chi connectivity index (χ3v) is 5.19. The molecule has 1 N–H and O–H groups in total. The second-order valence-electron chi connectivity index (χ2n) is 5.27. The largest absolute Gasteiger partial charge is 0.348 e. The van der Waals surface area contributed by atoms with E-state index in [4.69, 9.17) is 0 Å². The predicted octanol–water partition coefficient (Wildman–Crippen LogP) is 3.44. The Morgan fingerprint density at radius 1 is 1.50 bits per heavy atom. The zero-order valence-corrected chi connectivity index (χ0v) is 12.6. The van der Waals surface area contributed by atoms with Crippen LogP contribution < -0.4 is 10.2 Å². The van der Waals surface area contributed by atoms with E-state index in [1.807, 2.05) is 24.6 Å². The number of thiazole rings is 1. The van der Waals surface area contributed by atoms with Gasteiger partial charge in [0.05, 0.1) is 0 Å². The molecule has 0 aliphatic carbocycles. The summed E-state index contributed by atoms with van der Waals surface area (Å²) in [5.41, 5.74) is 0.